The topological polar surface area (TPSA) is 58.2 Å². The van der Waals surface area contributed by atoms with E-state index in [1.165, 1.54) is 31.0 Å². The molecule has 26 heavy (non-hydrogen) atoms. The van der Waals surface area contributed by atoms with E-state index in [4.69, 9.17) is 0 Å². The molecule has 7 heteroatoms. The molecule has 2 fully saturated rings. The molecule has 1 aromatic rings. The average Bonchev–Trinajstić information content (AvgIpc) is 3.39. The van der Waals surface area contributed by atoms with Crippen LogP contribution in [0.3, 0.4) is 0 Å². The van der Waals surface area contributed by atoms with E-state index in [2.05, 4.69) is 10.6 Å². The lowest BCUT2D eigenvalue weighted by atomic mass is 10.1. The van der Waals surface area contributed by atoms with Gasteiger partial charge in [0.2, 0.25) is 11.8 Å². The molecule has 2 N–H and O–H groups in total. The van der Waals surface area contributed by atoms with Gasteiger partial charge in [0.1, 0.15) is 0 Å². The summed E-state index contributed by atoms with van der Waals surface area (Å²) < 4.78 is 39.0. The van der Waals surface area contributed by atoms with Gasteiger partial charge in [-0.3, -0.25) is 9.59 Å². The van der Waals surface area contributed by atoms with Gasteiger partial charge in [0, 0.05) is 6.04 Å². The Balaban J connectivity index is 1.55. The predicted octanol–water partition coefficient (Wildman–Crippen LogP) is 4.12. The van der Waals surface area contributed by atoms with Crippen LogP contribution in [-0.2, 0) is 15.8 Å². The van der Waals surface area contributed by atoms with Crippen LogP contribution < -0.4 is 10.6 Å². The van der Waals surface area contributed by atoms with Gasteiger partial charge in [-0.1, -0.05) is 37.8 Å². The lowest BCUT2D eigenvalue weighted by Gasteiger charge is -2.16. The lowest BCUT2D eigenvalue weighted by Crippen LogP contribution is -2.36. The van der Waals surface area contributed by atoms with Crippen molar-refractivity contribution in [2.24, 2.45) is 11.8 Å². The summed E-state index contributed by atoms with van der Waals surface area (Å²) in [5.41, 5.74) is -1.15. The second-order valence-corrected chi connectivity index (χ2v) is 7.18. The van der Waals surface area contributed by atoms with Gasteiger partial charge in [-0.05, 0) is 31.4 Å². The number of nitrogens with one attached hydrogen (secondary N) is 2. The third kappa shape index (κ3) is 4.56. The molecule has 2 aliphatic carbocycles. The standard InChI is InChI=1S/C19H23F3N2O2/c20-19(21,22)15-9-5-6-10-16(15)24-18(26)14-11-13(14)17(25)23-12-7-3-1-2-4-8-12/h5-6,9-10,12-14H,1-4,7-8,11H2,(H,23,25)(H,24,26). The Morgan fingerprint density at radius 1 is 0.923 bits per heavy atom. The first-order valence-corrected chi connectivity index (χ1v) is 9.13. The zero-order valence-electron chi connectivity index (χ0n) is 14.4. The maximum atomic E-state index is 13.0. The Morgan fingerprint density at radius 3 is 2.19 bits per heavy atom. The number of rotatable bonds is 4. The fraction of sp³-hybridized carbons (Fsp3) is 0.579. The van der Waals surface area contributed by atoms with Crippen LogP contribution in [0.2, 0.25) is 0 Å². The summed E-state index contributed by atoms with van der Waals surface area (Å²) in [6.07, 6.45) is 2.30. The van der Waals surface area contributed by atoms with Gasteiger partial charge in [-0.2, -0.15) is 13.2 Å². The molecule has 0 saturated heterocycles. The Labute approximate surface area is 150 Å². The van der Waals surface area contributed by atoms with Gasteiger partial charge in [0.25, 0.3) is 0 Å². The molecule has 1 aromatic carbocycles. The number of para-hydroxylation sites is 1. The molecule has 0 heterocycles. The van der Waals surface area contributed by atoms with Gasteiger partial charge in [-0.25, -0.2) is 0 Å². The lowest BCUT2D eigenvalue weighted by molar-refractivity contribution is -0.137. The highest BCUT2D eigenvalue weighted by atomic mass is 19.4. The van der Waals surface area contributed by atoms with Crippen LogP contribution in [0.25, 0.3) is 0 Å². The fourth-order valence-electron chi connectivity index (χ4n) is 3.57. The molecule has 0 spiro atoms. The first-order chi connectivity index (χ1) is 12.4. The van der Waals surface area contributed by atoms with Crippen LogP contribution in [0, 0.1) is 11.8 Å². The van der Waals surface area contributed by atoms with Crippen molar-refractivity contribution >= 4 is 17.5 Å². The largest absolute Gasteiger partial charge is 0.418 e. The van der Waals surface area contributed by atoms with Crippen molar-refractivity contribution < 1.29 is 22.8 Å². The number of benzene rings is 1. The van der Waals surface area contributed by atoms with Crippen LogP contribution in [-0.4, -0.2) is 17.9 Å². The molecule has 3 rings (SSSR count). The zero-order chi connectivity index (χ0) is 18.7. The van der Waals surface area contributed by atoms with Crippen molar-refractivity contribution in [2.75, 3.05) is 5.32 Å². The molecule has 2 amide bonds. The highest BCUT2D eigenvalue weighted by molar-refractivity contribution is 6.00. The third-order valence-electron chi connectivity index (χ3n) is 5.16. The third-order valence-corrected chi connectivity index (χ3v) is 5.16. The number of halogens is 3. The predicted molar refractivity (Wildman–Crippen MR) is 91.3 cm³/mol. The summed E-state index contributed by atoms with van der Waals surface area (Å²) in [6.45, 7) is 0. The molecule has 2 atom stereocenters. The van der Waals surface area contributed by atoms with Crippen LogP contribution in [0.5, 0.6) is 0 Å². The summed E-state index contributed by atoms with van der Waals surface area (Å²) in [4.78, 5) is 24.6. The zero-order valence-corrected chi connectivity index (χ0v) is 14.4. The van der Waals surface area contributed by atoms with Crippen molar-refractivity contribution in [2.45, 2.75) is 57.2 Å². The summed E-state index contributed by atoms with van der Waals surface area (Å²) in [6, 6.07) is 5.02. The fourth-order valence-corrected chi connectivity index (χ4v) is 3.57. The maximum absolute atomic E-state index is 13.0. The minimum atomic E-state index is -4.54. The first kappa shape index (κ1) is 18.7. The number of carbonyl (C=O) groups is 2. The van der Waals surface area contributed by atoms with Gasteiger partial charge in [0.15, 0.2) is 0 Å². The van der Waals surface area contributed by atoms with E-state index in [1.54, 1.807) is 0 Å². The van der Waals surface area contributed by atoms with Crippen molar-refractivity contribution in [1.29, 1.82) is 0 Å². The van der Waals surface area contributed by atoms with E-state index in [-0.39, 0.29) is 17.6 Å². The van der Waals surface area contributed by atoms with Gasteiger partial charge in [0.05, 0.1) is 23.1 Å². The maximum Gasteiger partial charge on any atom is 0.418 e. The summed E-state index contributed by atoms with van der Waals surface area (Å²) in [5.74, 6) is -1.66. The van der Waals surface area contributed by atoms with Crippen molar-refractivity contribution in [3.63, 3.8) is 0 Å². The summed E-state index contributed by atoms with van der Waals surface area (Å²) in [7, 11) is 0. The molecule has 0 aromatic heterocycles. The van der Waals surface area contributed by atoms with Crippen molar-refractivity contribution in [1.82, 2.24) is 5.32 Å². The quantitative estimate of drug-likeness (QED) is 0.786. The number of hydrogen-bond acceptors (Lipinski definition) is 2. The number of alkyl halides is 3. The second-order valence-electron chi connectivity index (χ2n) is 7.18. The van der Waals surface area contributed by atoms with E-state index in [1.807, 2.05) is 0 Å². The molecule has 2 unspecified atom stereocenters. The second kappa shape index (κ2) is 7.68. The Morgan fingerprint density at radius 2 is 1.54 bits per heavy atom. The van der Waals surface area contributed by atoms with Gasteiger partial charge >= 0.3 is 6.18 Å². The molecule has 2 aliphatic rings. The molecule has 0 bridgehead atoms. The van der Waals surface area contributed by atoms with Gasteiger partial charge < -0.3 is 10.6 Å². The van der Waals surface area contributed by atoms with Crippen LogP contribution in [0.1, 0.15) is 50.5 Å². The smallest absolute Gasteiger partial charge is 0.353 e. The van der Waals surface area contributed by atoms with Crippen molar-refractivity contribution in [3.05, 3.63) is 29.8 Å². The minimum Gasteiger partial charge on any atom is -0.353 e. The normalized spacial score (nSPS) is 23.8. The monoisotopic (exact) mass is 368 g/mol. The summed E-state index contributed by atoms with van der Waals surface area (Å²) in [5, 5.41) is 5.34. The Hall–Kier alpha value is -2.05. The van der Waals surface area contributed by atoms with E-state index < -0.39 is 29.5 Å². The highest BCUT2D eigenvalue weighted by Gasteiger charge is 2.48. The minimum absolute atomic E-state index is 0.152. The first-order valence-electron chi connectivity index (χ1n) is 9.13. The highest BCUT2D eigenvalue weighted by Crippen LogP contribution is 2.41. The van der Waals surface area contributed by atoms with Crippen molar-refractivity contribution in [3.8, 4) is 0 Å². The van der Waals surface area contributed by atoms with Crippen LogP contribution in [0.15, 0.2) is 24.3 Å². The molecule has 0 radical (unpaired) electrons. The van der Waals surface area contributed by atoms with E-state index in [0.29, 0.717) is 6.42 Å². The molecular weight excluding hydrogens is 345 g/mol. The van der Waals surface area contributed by atoms with E-state index in [9.17, 15) is 22.8 Å². The van der Waals surface area contributed by atoms with Crippen LogP contribution >= 0.6 is 0 Å². The SMILES string of the molecule is O=C(Nc1ccccc1C(F)(F)F)C1CC1C(=O)NC1CCCCCC1. The number of hydrogen-bond donors (Lipinski definition) is 2. The number of anilines is 1. The molecule has 4 nitrogen and oxygen atoms in total. The number of carbonyl (C=O) groups excluding carboxylic acids is 2. The Bertz CT molecular complexity index is 667. The average molecular weight is 368 g/mol. The molecular formula is C19H23F3N2O2. The molecule has 142 valence electrons. The molecule has 2 saturated carbocycles. The summed E-state index contributed by atoms with van der Waals surface area (Å²) >= 11 is 0. The molecule has 0 aliphatic heterocycles. The number of amides is 2. The van der Waals surface area contributed by atoms with Crippen LogP contribution in [0.4, 0.5) is 18.9 Å². The van der Waals surface area contributed by atoms with E-state index >= 15 is 0 Å². The Kier molecular flexibility index (Phi) is 5.53. The van der Waals surface area contributed by atoms with E-state index in [0.717, 1.165) is 31.7 Å². The van der Waals surface area contributed by atoms with Gasteiger partial charge in [-0.15, -0.1) is 0 Å².